The number of sulfonamides is 1. The third-order valence-corrected chi connectivity index (χ3v) is 3.65. The Labute approximate surface area is 95.8 Å². The second kappa shape index (κ2) is 5.29. The molecule has 1 aromatic rings. The highest BCUT2D eigenvalue weighted by Crippen LogP contribution is 2.16. The van der Waals surface area contributed by atoms with Crippen LogP contribution in [0.5, 0.6) is 0 Å². The van der Waals surface area contributed by atoms with E-state index in [0.717, 1.165) is 4.31 Å². The molecule has 0 aliphatic carbocycles. The Morgan fingerprint density at radius 1 is 1.50 bits per heavy atom. The Balaban J connectivity index is 2.75. The normalized spacial score (nSPS) is 11.9. The van der Waals surface area contributed by atoms with Gasteiger partial charge in [0.2, 0.25) is 5.09 Å². The van der Waals surface area contributed by atoms with Gasteiger partial charge in [0.1, 0.15) is 5.76 Å². The maximum atomic E-state index is 11.7. The smallest absolute Gasteiger partial charge is 0.275 e. The van der Waals surface area contributed by atoms with Gasteiger partial charge in [-0.05, 0) is 12.1 Å². The molecular formula is C10H16N2O3S. The van der Waals surface area contributed by atoms with Gasteiger partial charge in [0.05, 0.1) is 6.54 Å². The van der Waals surface area contributed by atoms with E-state index in [2.05, 4.69) is 11.9 Å². The molecule has 0 aromatic carbocycles. The molecule has 16 heavy (non-hydrogen) atoms. The average Bonchev–Trinajstić information content (AvgIpc) is 2.67. The van der Waals surface area contributed by atoms with Crippen LogP contribution < -0.4 is 5.32 Å². The molecule has 1 heterocycles. The number of furan rings is 1. The van der Waals surface area contributed by atoms with Gasteiger partial charge in [-0.1, -0.05) is 6.08 Å². The number of rotatable bonds is 6. The first kappa shape index (κ1) is 13.0. The monoisotopic (exact) mass is 244 g/mol. The third kappa shape index (κ3) is 2.94. The van der Waals surface area contributed by atoms with Crippen LogP contribution in [0.25, 0.3) is 0 Å². The van der Waals surface area contributed by atoms with Crippen molar-refractivity contribution in [1.82, 2.24) is 9.62 Å². The lowest BCUT2D eigenvalue weighted by molar-refractivity contribution is 0.391. The number of hydrogen-bond donors (Lipinski definition) is 1. The third-order valence-electron chi connectivity index (χ3n) is 1.96. The molecule has 0 unspecified atom stereocenters. The van der Waals surface area contributed by atoms with E-state index in [9.17, 15) is 8.42 Å². The van der Waals surface area contributed by atoms with Crippen molar-refractivity contribution in [1.29, 1.82) is 0 Å². The molecule has 0 amide bonds. The Hall–Kier alpha value is -1.11. The van der Waals surface area contributed by atoms with E-state index < -0.39 is 10.0 Å². The first-order valence-electron chi connectivity index (χ1n) is 4.81. The van der Waals surface area contributed by atoms with Gasteiger partial charge in [-0.3, -0.25) is 0 Å². The van der Waals surface area contributed by atoms with Gasteiger partial charge in [0.25, 0.3) is 10.0 Å². The highest BCUT2D eigenvalue weighted by molar-refractivity contribution is 7.88. The average molecular weight is 244 g/mol. The molecule has 0 atom stereocenters. The Bertz CT molecular complexity index is 448. The molecule has 1 rings (SSSR count). The largest absolute Gasteiger partial charge is 0.447 e. The minimum absolute atomic E-state index is 0.0343. The Morgan fingerprint density at radius 2 is 2.19 bits per heavy atom. The second-order valence-electron chi connectivity index (χ2n) is 3.43. The molecule has 0 aliphatic heterocycles. The summed E-state index contributed by atoms with van der Waals surface area (Å²) in [6, 6.07) is 3.10. The molecule has 0 saturated carbocycles. The number of nitrogens with zero attached hydrogens (tertiary/aromatic N) is 1. The summed E-state index contributed by atoms with van der Waals surface area (Å²) in [4.78, 5) is 0. The summed E-state index contributed by atoms with van der Waals surface area (Å²) in [5, 5.41) is 2.99. The van der Waals surface area contributed by atoms with Crippen molar-refractivity contribution in [3.63, 3.8) is 0 Å². The lowest BCUT2D eigenvalue weighted by Crippen LogP contribution is -2.21. The summed E-state index contributed by atoms with van der Waals surface area (Å²) >= 11 is 0. The number of hydrogen-bond acceptors (Lipinski definition) is 4. The van der Waals surface area contributed by atoms with E-state index in [4.69, 9.17) is 4.42 Å². The van der Waals surface area contributed by atoms with Gasteiger partial charge in [-0.25, -0.2) is 12.7 Å². The zero-order chi connectivity index (χ0) is 12.2. The van der Waals surface area contributed by atoms with Crippen molar-refractivity contribution < 1.29 is 12.8 Å². The summed E-state index contributed by atoms with van der Waals surface area (Å²) in [5.74, 6) is 0.585. The van der Waals surface area contributed by atoms with Crippen LogP contribution >= 0.6 is 0 Å². The first-order valence-corrected chi connectivity index (χ1v) is 6.25. The molecule has 6 heteroatoms. The van der Waals surface area contributed by atoms with Gasteiger partial charge in [-0.2, -0.15) is 0 Å². The lowest BCUT2D eigenvalue weighted by Gasteiger charge is -2.07. The van der Waals surface area contributed by atoms with E-state index in [1.165, 1.54) is 20.2 Å². The maximum Gasteiger partial charge on any atom is 0.275 e. The molecule has 90 valence electrons. The Kier molecular flexibility index (Phi) is 4.28. The van der Waals surface area contributed by atoms with E-state index in [-0.39, 0.29) is 5.09 Å². The van der Waals surface area contributed by atoms with Crippen LogP contribution in [0.4, 0.5) is 0 Å². The van der Waals surface area contributed by atoms with Gasteiger partial charge < -0.3 is 9.73 Å². The molecule has 5 nitrogen and oxygen atoms in total. The highest BCUT2D eigenvalue weighted by Gasteiger charge is 2.21. The van der Waals surface area contributed by atoms with Crippen LogP contribution in [0.15, 0.2) is 34.3 Å². The molecule has 1 N–H and O–H groups in total. The fraction of sp³-hybridized carbons (Fsp3) is 0.400. The quantitative estimate of drug-likeness (QED) is 0.594. The van der Waals surface area contributed by atoms with E-state index >= 15 is 0 Å². The first-order chi connectivity index (χ1) is 7.48. The van der Waals surface area contributed by atoms with E-state index in [1.54, 1.807) is 12.1 Å². The van der Waals surface area contributed by atoms with Crippen LogP contribution in [-0.2, 0) is 16.6 Å². The summed E-state index contributed by atoms with van der Waals surface area (Å²) in [5.41, 5.74) is 0. The van der Waals surface area contributed by atoms with Crippen molar-refractivity contribution in [3.05, 3.63) is 30.5 Å². The highest BCUT2D eigenvalue weighted by atomic mass is 32.2. The fourth-order valence-corrected chi connectivity index (χ4v) is 1.88. The van der Waals surface area contributed by atoms with Crippen LogP contribution in [0, 0.1) is 0 Å². The standard InChI is InChI=1S/C10H16N2O3S/c1-4-7-11-8-9-5-6-10(15-9)16(13,14)12(2)3/h4-6,11H,1,7-8H2,2-3H3. The maximum absolute atomic E-state index is 11.7. The van der Waals surface area contributed by atoms with E-state index in [0.29, 0.717) is 18.8 Å². The topological polar surface area (TPSA) is 62.6 Å². The summed E-state index contributed by atoms with van der Waals surface area (Å²) in [6.07, 6.45) is 1.72. The molecule has 0 radical (unpaired) electrons. The summed E-state index contributed by atoms with van der Waals surface area (Å²) in [6.45, 7) is 4.69. The van der Waals surface area contributed by atoms with Crippen molar-refractivity contribution >= 4 is 10.0 Å². The van der Waals surface area contributed by atoms with Crippen molar-refractivity contribution in [3.8, 4) is 0 Å². The van der Waals surface area contributed by atoms with Crippen LogP contribution in [-0.4, -0.2) is 33.4 Å². The van der Waals surface area contributed by atoms with Crippen molar-refractivity contribution in [2.75, 3.05) is 20.6 Å². The predicted octanol–water partition coefficient (Wildman–Crippen LogP) is 0.805. The number of nitrogens with one attached hydrogen (secondary N) is 1. The van der Waals surface area contributed by atoms with Crippen LogP contribution in [0.3, 0.4) is 0 Å². The van der Waals surface area contributed by atoms with Crippen molar-refractivity contribution in [2.24, 2.45) is 0 Å². The minimum atomic E-state index is -3.47. The van der Waals surface area contributed by atoms with E-state index in [1.807, 2.05) is 0 Å². The summed E-state index contributed by atoms with van der Waals surface area (Å²) in [7, 11) is -0.536. The molecule has 0 bridgehead atoms. The molecule has 0 fully saturated rings. The summed E-state index contributed by atoms with van der Waals surface area (Å²) < 4.78 is 29.7. The fourth-order valence-electron chi connectivity index (χ4n) is 1.07. The van der Waals surface area contributed by atoms with Crippen molar-refractivity contribution in [2.45, 2.75) is 11.6 Å². The Morgan fingerprint density at radius 3 is 2.75 bits per heavy atom. The molecule has 0 spiro atoms. The zero-order valence-corrected chi connectivity index (χ0v) is 10.3. The van der Waals surface area contributed by atoms with Gasteiger partial charge >= 0.3 is 0 Å². The van der Waals surface area contributed by atoms with Gasteiger partial charge in [-0.15, -0.1) is 6.58 Å². The molecule has 0 saturated heterocycles. The molecule has 0 aliphatic rings. The van der Waals surface area contributed by atoms with Gasteiger partial charge in [0, 0.05) is 20.6 Å². The lowest BCUT2D eigenvalue weighted by atomic mass is 10.4. The van der Waals surface area contributed by atoms with Crippen LogP contribution in [0.1, 0.15) is 5.76 Å². The SMILES string of the molecule is C=CCNCc1ccc(S(=O)(=O)N(C)C)o1. The van der Waals surface area contributed by atoms with Gasteiger partial charge in [0.15, 0.2) is 0 Å². The zero-order valence-electron chi connectivity index (χ0n) is 9.43. The minimum Gasteiger partial charge on any atom is -0.447 e. The van der Waals surface area contributed by atoms with Crippen LogP contribution in [0.2, 0.25) is 0 Å². The molecule has 1 aromatic heterocycles. The molecular weight excluding hydrogens is 228 g/mol. The second-order valence-corrected chi connectivity index (χ2v) is 5.51. The predicted molar refractivity (Wildman–Crippen MR) is 61.5 cm³/mol.